The van der Waals surface area contributed by atoms with Crippen molar-refractivity contribution >= 4 is 26.6 Å². The van der Waals surface area contributed by atoms with E-state index in [9.17, 15) is 22.0 Å². The maximum atomic E-state index is 12.8. The molecule has 0 fully saturated rings. The van der Waals surface area contributed by atoms with Gasteiger partial charge in [0.1, 0.15) is 5.75 Å². The van der Waals surface area contributed by atoms with Crippen LogP contribution in [0.5, 0.6) is 5.75 Å². The smallest absolute Gasteiger partial charge is 0.387 e. The molecule has 0 saturated heterocycles. The number of nitrogens with one attached hydrogen (secondary N) is 1. The van der Waals surface area contributed by atoms with Crippen LogP contribution in [0.4, 0.5) is 8.78 Å². The van der Waals surface area contributed by atoms with Crippen LogP contribution >= 0.6 is 0 Å². The number of halogens is 2. The molecule has 0 radical (unpaired) electrons. The molecule has 1 aliphatic rings. The van der Waals surface area contributed by atoms with E-state index in [0.717, 1.165) is 5.39 Å². The number of rotatable bonds is 6. The fraction of sp³-hybridized carbons (Fsp3) is 0.200. The van der Waals surface area contributed by atoms with Crippen molar-refractivity contribution in [2.24, 2.45) is 0 Å². The number of ether oxygens (including phenoxy) is 2. The summed E-state index contributed by atoms with van der Waals surface area (Å²) < 4.78 is 59.3. The average Bonchev–Trinajstić information content (AvgIpc) is 3.04. The summed E-state index contributed by atoms with van der Waals surface area (Å²) in [5.74, 6) is -0.631. The van der Waals surface area contributed by atoms with Crippen LogP contribution in [0.2, 0.25) is 0 Å². The van der Waals surface area contributed by atoms with Gasteiger partial charge in [-0.2, -0.15) is 8.78 Å². The lowest BCUT2D eigenvalue weighted by molar-refractivity contribution is -0.0500. The molecule has 0 saturated carbocycles. The van der Waals surface area contributed by atoms with Gasteiger partial charge in [-0.3, -0.25) is 14.8 Å². The van der Waals surface area contributed by atoms with E-state index in [1.54, 1.807) is 36.5 Å². The molecule has 1 aromatic carbocycles. The highest BCUT2D eigenvalue weighted by Gasteiger charge is 2.23. The lowest BCUT2D eigenvalue weighted by Gasteiger charge is -2.10. The Bertz CT molecular complexity index is 1580. The first kappa shape index (κ1) is 24.7. The number of fused-ring (bicyclic) bond motifs is 2. The molecule has 3 aromatic heterocycles. The highest BCUT2D eigenvalue weighted by molar-refractivity contribution is 7.91. The minimum atomic E-state index is -3.53. The summed E-state index contributed by atoms with van der Waals surface area (Å²) in [7, 11) is -3.53. The Morgan fingerprint density at radius 3 is 2.68 bits per heavy atom. The molecule has 9 nitrogen and oxygen atoms in total. The van der Waals surface area contributed by atoms with Gasteiger partial charge in [-0.25, -0.2) is 13.4 Å². The van der Waals surface area contributed by atoms with Gasteiger partial charge < -0.3 is 14.8 Å². The Kier molecular flexibility index (Phi) is 6.76. The molecule has 0 spiro atoms. The van der Waals surface area contributed by atoms with Crippen LogP contribution in [0.15, 0.2) is 65.8 Å². The molecular weight excluding hydrogens is 506 g/mol. The number of aromatic nitrogens is 3. The van der Waals surface area contributed by atoms with Crippen molar-refractivity contribution in [3.63, 3.8) is 0 Å². The number of nitrogens with zero attached hydrogens (tertiary/aromatic N) is 3. The zero-order chi connectivity index (χ0) is 26.0. The first-order valence-electron chi connectivity index (χ1n) is 11.2. The molecule has 12 heteroatoms. The molecule has 5 rings (SSSR count). The van der Waals surface area contributed by atoms with Gasteiger partial charge in [0.25, 0.3) is 5.91 Å². The first-order valence-corrected chi connectivity index (χ1v) is 12.8. The second kappa shape index (κ2) is 10.1. The third kappa shape index (κ3) is 5.54. The van der Waals surface area contributed by atoms with E-state index >= 15 is 0 Å². The molecule has 0 atom stereocenters. The standard InChI is InChI=1S/C25H20F2N4O5S/c26-25(27)36-19-4-6-20(29-13-19)21-5-3-16-11-28-18(10-22(16)31-21)12-30-24(32)15-1-2-17-14-35-7-8-37(33,34)23(17)9-15/h1-6,9-11,13,25H,7-8,12,14H2,(H,30,32). The Morgan fingerprint density at radius 2 is 1.89 bits per heavy atom. The second-order valence-corrected chi connectivity index (χ2v) is 10.3. The van der Waals surface area contributed by atoms with Crippen molar-refractivity contribution in [2.45, 2.75) is 24.7 Å². The van der Waals surface area contributed by atoms with E-state index in [1.807, 2.05) is 0 Å². The minimum Gasteiger partial charge on any atom is -0.433 e. The van der Waals surface area contributed by atoms with E-state index < -0.39 is 22.4 Å². The van der Waals surface area contributed by atoms with Gasteiger partial charge in [0.15, 0.2) is 9.84 Å². The average molecular weight is 527 g/mol. The van der Waals surface area contributed by atoms with Crippen LogP contribution in [-0.2, 0) is 27.7 Å². The summed E-state index contributed by atoms with van der Waals surface area (Å²) in [5.41, 5.74) is 2.87. The molecule has 4 heterocycles. The molecular formula is C25H20F2N4O5S. The number of hydrogen-bond donors (Lipinski definition) is 1. The molecule has 1 amide bonds. The van der Waals surface area contributed by atoms with E-state index in [-0.39, 0.29) is 41.7 Å². The highest BCUT2D eigenvalue weighted by Crippen LogP contribution is 2.24. The van der Waals surface area contributed by atoms with Gasteiger partial charge >= 0.3 is 6.61 Å². The molecule has 0 bridgehead atoms. The van der Waals surface area contributed by atoms with Crippen LogP contribution in [0.1, 0.15) is 21.6 Å². The monoisotopic (exact) mass is 526 g/mol. The maximum absolute atomic E-state index is 12.8. The quantitative estimate of drug-likeness (QED) is 0.405. The van der Waals surface area contributed by atoms with Crippen molar-refractivity contribution in [3.05, 3.63) is 77.7 Å². The van der Waals surface area contributed by atoms with Crippen molar-refractivity contribution in [1.29, 1.82) is 0 Å². The number of benzene rings is 1. The van der Waals surface area contributed by atoms with Gasteiger partial charge in [0, 0.05) is 17.1 Å². The molecule has 37 heavy (non-hydrogen) atoms. The van der Waals surface area contributed by atoms with Gasteiger partial charge in [-0.05, 0) is 48.0 Å². The van der Waals surface area contributed by atoms with Gasteiger partial charge in [-0.1, -0.05) is 6.07 Å². The van der Waals surface area contributed by atoms with Crippen LogP contribution in [0, 0.1) is 0 Å². The number of carbonyl (C=O) groups excluding carboxylic acids is 1. The van der Waals surface area contributed by atoms with Gasteiger partial charge in [0.2, 0.25) is 0 Å². The first-order chi connectivity index (χ1) is 17.8. The number of pyridine rings is 3. The molecule has 1 aliphatic heterocycles. The normalized spacial score (nSPS) is 14.7. The SMILES string of the molecule is O=C(NCc1cc2nc(-c3ccc(OC(F)F)cn3)ccc2cn1)c1ccc2c(c1)S(=O)(=O)CCOC2. The van der Waals surface area contributed by atoms with Crippen molar-refractivity contribution in [1.82, 2.24) is 20.3 Å². The summed E-state index contributed by atoms with van der Waals surface area (Å²) in [5, 5.41) is 3.51. The van der Waals surface area contributed by atoms with Gasteiger partial charge in [-0.15, -0.1) is 0 Å². The summed E-state index contributed by atoms with van der Waals surface area (Å²) in [6, 6.07) is 12.7. The number of hydrogen-bond acceptors (Lipinski definition) is 8. The van der Waals surface area contributed by atoms with E-state index in [0.29, 0.717) is 28.2 Å². The summed E-state index contributed by atoms with van der Waals surface area (Å²) >= 11 is 0. The largest absolute Gasteiger partial charge is 0.433 e. The Hall–Kier alpha value is -4.03. The van der Waals surface area contributed by atoms with Gasteiger partial charge in [0.05, 0.1) is 59.2 Å². The van der Waals surface area contributed by atoms with Crippen molar-refractivity contribution < 1.29 is 31.5 Å². The van der Waals surface area contributed by atoms with Crippen LogP contribution in [0.25, 0.3) is 22.3 Å². The fourth-order valence-electron chi connectivity index (χ4n) is 3.84. The predicted molar refractivity (Wildman–Crippen MR) is 129 cm³/mol. The molecule has 0 unspecified atom stereocenters. The van der Waals surface area contributed by atoms with E-state index in [1.165, 1.54) is 24.4 Å². The fourth-order valence-corrected chi connectivity index (χ4v) is 5.23. The summed E-state index contributed by atoms with van der Waals surface area (Å²) in [4.78, 5) is 25.9. The Labute approximate surface area is 210 Å². The predicted octanol–water partition coefficient (Wildman–Crippen LogP) is 3.53. The third-order valence-electron chi connectivity index (χ3n) is 5.70. The molecule has 1 N–H and O–H groups in total. The van der Waals surface area contributed by atoms with Crippen LogP contribution in [-0.4, -0.2) is 48.2 Å². The maximum Gasteiger partial charge on any atom is 0.387 e. The lowest BCUT2D eigenvalue weighted by atomic mass is 10.1. The van der Waals surface area contributed by atoms with Crippen molar-refractivity contribution in [3.8, 4) is 17.1 Å². The van der Waals surface area contributed by atoms with Crippen LogP contribution < -0.4 is 10.1 Å². The topological polar surface area (TPSA) is 120 Å². The van der Waals surface area contributed by atoms with E-state index in [2.05, 4.69) is 25.0 Å². The van der Waals surface area contributed by atoms with Crippen LogP contribution in [0.3, 0.4) is 0 Å². The molecule has 0 aliphatic carbocycles. The number of amides is 1. The molecule has 4 aromatic rings. The number of sulfone groups is 1. The lowest BCUT2D eigenvalue weighted by Crippen LogP contribution is -2.23. The number of alkyl halides is 2. The number of carbonyl (C=O) groups is 1. The minimum absolute atomic E-state index is 0.0535. The highest BCUT2D eigenvalue weighted by atomic mass is 32.2. The zero-order valence-corrected chi connectivity index (χ0v) is 20.0. The Balaban J connectivity index is 1.32. The molecule has 190 valence electrons. The zero-order valence-electron chi connectivity index (χ0n) is 19.2. The Morgan fingerprint density at radius 1 is 1.05 bits per heavy atom. The van der Waals surface area contributed by atoms with E-state index in [4.69, 9.17) is 4.74 Å². The summed E-state index contributed by atoms with van der Waals surface area (Å²) in [6.45, 7) is -2.56. The second-order valence-electron chi connectivity index (χ2n) is 8.20. The summed E-state index contributed by atoms with van der Waals surface area (Å²) in [6.07, 6.45) is 2.82. The third-order valence-corrected chi connectivity index (χ3v) is 7.46. The van der Waals surface area contributed by atoms with Crippen molar-refractivity contribution in [2.75, 3.05) is 12.4 Å².